The molecule has 5 heteroatoms. The molecule has 2 rings (SSSR count). The molecule has 2 heterocycles. The van der Waals surface area contributed by atoms with Crippen LogP contribution in [0.4, 0.5) is 0 Å². The molecule has 120 valence electrons. The Bertz CT molecular complexity index is 410. The number of nitrogens with zero attached hydrogens (tertiary/aromatic N) is 3. The average Bonchev–Trinajstić information content (AvgIpc) is 2.92. The monoisotopic (exact) mass is 310 g/mol. The third kappa shape index (κ3) is 5.02. The first-order chi connectivity index (χ1) is 10.1. The molecule has 1 aromatic rings. The highest BCUT2D eigenvalue weighted by atomic mass is 32.1. The van der Waals surface area contributed by atoms with Crippen molar-refractivity contribution in [1.82, 2.24) is 20.1 Å². The molecule has 1 fully saturated rings. The summed E-state index contributed by atoms with van der Waals surface area (Å²) >= 11 is 1.83. The lowest BCUT2D eigenvalue weighted by molar-refractivity contribution is 0.0875. The quantitative estimate of drug-likeness (QED) is 0.835. The van der Waals surface area contributed by atoms with Crippen molar-refractivity contribution in [3.05, 3.63) is 16.1 Å². The lowest BCUT2D eigenvalue weighted by Crippen LogP contribution is -2.53. The fraction of sp³-hybridized carbons (Fsp3) is 0.812. The first kappa shape index (κ1) is 16.9. The van der Waals surface area contributed by atoms with Gasteiger partial charge in [0, 0.05) is 56.4 Å². The van der Waals surface area contributed by atoms with E-state index in [2.05, 4.69) is 47.9 Å². The zero-order chi connectivity index (χ0) is 15.2. The maximum atomic E-state index is 4.43. The Morgan fingerprint density at radius 2 is 2.00 bits per heavy atom. The van der Waals surface area contributed by atoms with Crippen molar-refractivity contribution in [3.63, 3.8) is 0 Å². The van der Waals surface area contributed by atoms with Gasteiger partial charge in [0.25, 0.3) is 0 Å². The van der Waals surface area contributed by atoms with Gasteiger partial charge in [-0.1, -0.05) is 20.8 Å². The highest BCUT2D eigenvalue weighted by molar-refractivity contribution is 7.11. The normalized spacial score (nSPS) is 19.3. The molecule has 4 nitrogen and oxygen atoms in total. The summed E-state index contributed by atoms with van der Waals surface area (Å²) in [6, 6.07) is 0.636. The number of hydrogen-bond donors (Lipinski definition) is 1. The molecular weight excluding hydrogens is 280 g/mol. The van der Waals surface area contributed by atoms with E-state index in [1.807, 2.05) is 17.5 Å². The van der Waals surface area contributed by atoms with Crippen LogP contribution in [0.25, 0.3) is 0 Å². The van der Waals surface area contributed by atoms with E-state index in [9.17, 15) is 0 Å². The molecule has 1 unspecified atom stereocenters. The maximum absolute atomic E-state index is 4.43. The Morgan fingerprint density at radius 3 is 2.57 bits per heavy atom. The Hall–Kier alpha value is -0.490. The number of aromatic nitrogens is 1. The van der Waals surface area contributed by atoms with Crippen LogP contribution in [0.5, 0.6) is 0 Å². The molecule has 1 saturated heterocycles. The molecular formula is C16H30N4S. The van der Waals surface area contributed by atoms with E-state index in [1.54, 1.807) is 0 Å². The summed E-state index contributed by atoms with van der Waals surface area (Å²) in [7, 11) is 2.22. The van der Waals surface area contributed by atoms with Crippen LogP contribution in [0.15, 0.2) is 6.20 Å². The molecule has 0 spiro atoms. The summed E-state index contributed by atoms with van der Waals surface area (Å²) in [5, 5.41) is 4.89. The summed E-state index contributed by atoms with van der Waals surface area (Å²) < 4.78 is 0. The van der Waals surface area contributed by atoms with Gasteiger partial charge in [-0.25, -0.2) is 4.98 Å². The van der Waals surface area contributed by atoms with Crippen molar-refractivity contribution in [2.45, 2.75) is 39.8 Å². The van der Waals surface area contributed by atoms with Gasteiger partial charge in [-0.15, -0.1) is 11.3 Å². The van der Waals surface area contributed by atoms with Gasteiger partial charge in [0.05, 0.1) is 5.01 Å². The van der Waals surface area contributed by atoms with Crippen LogP contribution in [-0.2, 0) is 13.0 Å². The van der Waals surface area contributed by atoms with Crippen LogP contribution < -0.4 is 5.32 Å². The molecule has 0 amide bonds. The minimum Gasteiger partial charge on any atom is -0.310 e. The van der Waals surface area contributed by atoms with Crippen LogP contribution in [0.3, 0.4) is 0 Å². The Kier molecular flexibility index (Phi) is 6.61. The molecule has 0 bridgehead atoms. The van der Waals surface area contributed by atoms with E-state index < -0.39 is 0 Å². The highest BCUT2D eigenvalue weighted by Crippen LogP contribution is 2.15. The molecule has 1 N–H and O–H groups in total. The van der Waals surface area contributed by atoms with E-state index >= 15 is 0 Å². The van der Waals surface area contributed by atoms with Crippen molar-refractivity contribution in [1.29, 1.82) is 0 Å². The Labute approximate surface area is 133 Å². The number of thiazole rings is 1. The van der Waals surface area contributed by atoms with Gasteiger partial charge in [-0.05, 0) is 19.4 Å². The third-order valence-corrected chi connectivity index (χ3v) is 5.47. The average molecular weight is 311 g/mol. The lowest BCUT2D eigenvalue weighted by Gasteiger charge is -2.40. The van der Waals surface area contributed by atoms with Gasteiger partial charge < -0.3 is 10.2 Å². The van der Waals surface area contributed by atoms with Gasteiger partial charge >= 0.3 is 0 Å². The first-order valence-corrected chi connectivity index (χ1v) is 8.98. The van der Waals surface area contributed by atoms with Crippen molar-refractivity contribution in [2.24, 2.45) is 5.92 Å². The van der Waals surface area contributed by atoms with Crippen LogP contribution in [0.1, 0.15) is 30.7 Å². The summed E-state index contributed by atoms with van der Waals surface area (Å²) in [6.45, 7) is 13.6. The van der Waals surface area contributed by atoms with E-state index in [0.29, 0.717) is 12.0 Å². The van der Waals surface area contributed by atoms with E-state index in [0.717, 1.165) is 19.5 Å². The Balaban J connectivity index is 1.80. The topological polar surface area (TPSA) is 31.4 Å². The lowest BCUT2D eigenvalue weighted by atomic mass is 10.0. The minimum absolute atomic E-state index is 0.636. The van der Waals surface area contributed by atoms with Crippen molar-refractivity contribution in [3.8, 4) is 0 Å². The number of nitrogens with one attached hydrogen (secondary N) is 1. The smallest absolute Gasteiger partial charge is 0.0925 e. The maximum Gasteiger partial charge on any atom is 0.0925 e. The first-order valence-electron chi connectivity index (χ1n) is 8.17. The molecule has 0 aliphatic carbocycles. The molecule has 0 aromatic carbocycles. The van der Waals surface area contributed by atoms with Gasteiger partial charge in [0.1, 0.15) is 0 Å². The van der Waals surface area contributed by atoms with Gasteiger partial charge in [-0.2, -0.15) is 0 Å². The molecule has 1 aliphatic rings. The Morgan fingerprint density at radius 1 is 1.29 bits per heavy atom. The van der Waals surface area contributed by atoms with Crippen LogP contribution in [-0.4, -0.2) is 60.6 Å². The predicted molar refractivity (Wildman–Crippen MR) is 90.9 cm³/mol. The number of rotatable bonds is 7. The zero-order valence-corrected chi connectivity index (χ0v) is 14.7. The fourth-order valence-electron chi connectivity index (χ4n) is 2.88. The summed E-state index contributed by atoms with van der Waals surface area (Å²) in [4.78, 5) is 10.9. The van der Waals surface area contributed by atoms with Crippen LogP contribution in [0.2, 0.25) is 0 Å². The van der Waals surface area contributed by atoms with E-state index in [1.165, 1.54) is 36.1 Å². The SMILES string of the molecule is CCc1ncc(CNCC(C(C)C)N2CCN(C)CC2)s1. The van der Waals surface area contributed by atoms with E-state index in [4.69, 9.17) is 0 Å². The van der Waals surface area contributed by atoms with Gasteiger partial charge in [-0.3, -0.25) is 4.90 Å². The van der Waals surface area contributed by atoms with E-state index in [-0.39, 0.29) is 0 Å². The number of hydrogen-bond acceptors (Lipinski definition) is 5. The largest absolute Gasteiger partial charge is 0.310 e. The summed E-state index contributed by atoms with van der Waals surface area (Å²) in [5.74, 6) is 0.688. The summed E-state index contributed by atoms with van der Waals surface area (Å²) in [6.07, 6.45) is 3.07. The predicted octanol–water partition coefficient (Wildman–Crippen LogP) is 2.07. The fourth-order valence-corrected chi connectivity index (χ4v) is 3.71. The number of likely N-dealkylation sites (N-methyl/N-ethyl adjacent to an activating group) is 1. The third-order valence-electron chi connectivity index (χ3n) is 4.33. The summed E-state index contributed by atoms with van der Waals surface area (Å²) in [5.41, 5.74) is 0. The highest BCUT2D eigenvalue weighted by Gasteiger charge is 2.24. The minimum atomic E-state index is 0.636. The molecule has 1 aliphatic heterocycles. The number of piperazine rings is 1. The van der Waals surface area contributed by atoms with Gasteiger partial charge in [0.2, 0.25) is 0 Å². The van der Waals surface area contributed by atoms with Crippen molar-refractivity contribution in [2.75, 3.05) is 39.8 Å². The van der Waals surface area contributed by atoms with Crippen LogP contribution in [0, 0.1) is 5.92 Å². The molecule has 1 atom stereocenters. The molecule has 1 aromatic heterocycles. The second-order valence-electron chi connectivity index (χ2n) is 6.36. The van der Waals surface area contributed by atoms with Gasteiger partial charge in [0.15, 0.2) is 0 Å². The second kappa shape index (κ2) is 8.22. The van der Waals surface area contributed by atoms with Crippen LogP contribution >= 0.6 is 11.3 Å². The second-order valence-corrected chi connectivity index (χ2v) is 7.56. The molecule has 0 saturated carbocycles. The molecule has 21 heavy (non-hydrogen) atoms. The number of aryl methyl sites for hydroxylation is 1. The zero-order valence-electron chi connectivity index (χ0n) is 13.9. The van der Waals surface area contributed by atoms with Crippen molar-refractivity contribution >= 4 is 11.3 Å². The standard InChI is InChI=1S/C16H30N4S/c1-5-16-18-11-14(21-16)10-17-12-15(13(2)3)20-8-6-19(4)7-9-20/h11,13,15,17H,5-10,12H2,1-4H3. The van der Waals surface area contributed by atoms with Crippen molar-refractivity contribution < 1.29 is 0 Å². The molecule has 0 radical (unpaired) electrons.